The average Bonchev–Trinajstić information content (AvgIpc) is 2.39. The minimum atomic E-state index is -4.68. The molecule has 0 N–H and O–H groups in total. The lowest BCUT2D eigenvalue weighted by Gasteiger charge is -2.09. The molecule has 0 spiro atoms. The normalized spacial score (nSPS) is 14.6. The summed E-state index contributed by atoms with van der Waals surface area (Å²) in [6.45, 7) is 4.07. The Bertz CT molecular complexity index is 478. The molecule has 0 bridgehead atoms. The maximum absolute atomic E-state index is 12.0. The topological polar surface area (TPSA) is 34.0 Å². The van der Waals surface area contributed by atoms with Crippen LogP contribution in [-0.2, 0) is 0 Å². The molecule has 0 saturated carbocycles. The van der Waals surface area contributed by atoms with Gasteiger partial charge in [-0.15, -0.1) is 13.2 Å². The summed E-state index contributed by atoms with van der Waals surface area (Å²) in [5, 5.41) is 0. The molecule has 0 heterocycles. The van der Waals surface area contributed by atoms with E-state index in [1.807, 2.05) is 13.8 Å². The number of benzene rings is 1. The van der Waals surface area contributed by atoms with E-state index >= 15 is 0 Å². The first-order valence-electron chi connectivity index (χ1n) is 6.23. The second-order valence-electron chi connectivity index (χ2n) is 4.28. The number of amidine groups is 1. The molecule has 20 heavy (non-hydrogen) atoms. The summed E-state index contributed by atoms with van der Waals surface area (Å²) in [4.78, 5) is 8.27. The summed E-state index contributed by atoms with van der Waals surface area (Å²) < 4.78 is 39.9. The van der Waals surface area contributed by atoms with Gasteiger partial charge >= 0.3 is 6.36 Å². The van der Waals surface area contributed by atoms with Crippen molar-refractivity contribution in [3.63, 3.8) is 0 Å². The van der Waals surface area contributed by atoms with Crippen LogP contribution in [0.4, 0.5) is 13.2 Å². The average molecular weight is 286 g/mol. The third kappa shape index (κ3) is 5.42. The van der Waals surface area contributed by atoms with Gasteiger partial charge in [-0.25, -0.2) is 4.99 Å². The number of rotatable bonds is 4. The number of ether oxygens (including phenoxy) is 1. The maximum atomic E-state index is 12.0. The number of aliphatic imine (C=N–C) groups is 2. The van der Waals surface area contributed by atoms with Gasteiger partial charge in [-0.1, -0.05) is 13.8 Å². The van der Waals surface area contributed by atoms with E-state index in [-0.39, 0.29) is 5.75 Å². The Morgan fingerprint density at radius 1 is 1.30 bits per heavy atom. The van der Waals surface area contributed by atoms with Crippen LogP contribution in [0.25, 0.3) is 0 Å². The van der Waals surface area contributed by atoms with Gasteiger partial charge in [0.1, 0.15) is 5.75 Å². The zero-order valence-electron chi connectivity index (χ0n) is 11.6. The van der Waals surface area contributed by atoms with E-state index in [1.54, 1.807) is 13.3 Å². The predicted molar refractivity (Wildman–Crippen MR) is 73.5 cm³/mol. The van der Waals surface area contributed by atoms with Gasteiger partial charge in [0.15, 0.2) is 5.84 Å². The summed E-state index contributed by atoms with van der Waals surface area (Å²) in [6.07, 6.45) is -1.95. The summed E-state index contributed by atoms with van der Waals surface area (Å²) >= 11 is 0. The second-order valence-corrected chi connectivity index (χ2v) is 4.28. The third-order valence-corrected chi connectivity index (χ3v) is 2.65. The molecule has 1 atom stereocenters. The van der Waals surface area contributed by atoms with Gasteiger partial charge < -0.3 is 4.74 Å². The Hall–Kier alpha value is -1.85. The van der Waals surface area contributed by atoms with Gasteiger partial charge in [0.25, 0.3) is 0 Å². The molecule has 1 unspecified atom stereocenters. The van der Waals surface area contributed by atoms with Crippen LogP contribution in [0, 0.1) is 5.92 Å². The minimum absolute atomic E-state index is 0.261. The number of nitrogens with zero attached hydrogens (tertiary/aromatic N) is 2. The van der Waals surface area contributed by atoms with Gasteiger partial charge in [0.2, 0.25) is 0 Å². The van der Waals surface area contributed by atoms with Crippen LogP contribution in [0.5, 0.6) is 5.75 Å². The highest BCUT2D eigenvalue weighted by atomic mass is 19.4. The van der Waals surface area contributed by atoms with Gasteiger partial charge in [0.05, 0.1) is 0 Å². The van der Waals surface area contributed by atoms with Crippen molar-refractivity contribution < 1.29 is 17.9 Å². The minimum Gasteiger partial charge on any atom is -0.406 e. The SMILES string of the molecule is CCC(C)C=NC(=NC)c1ccc(OC(F)(F)F)cc1. The van der Waals surface area contributed by atoms with Crippen LogP contribution in [0.2, 0.25) is 0 Å². The maximum Gasteiger partial charge on any atom is 0.573 e. The van der Waals surface area contributed by atoms with Gasteiger partial charge in [0, 0.05) is 18.8 Å². The lowest BCUT2D eigenvalue weighted by Crippen LogP contribution is -2.17. The molecule has 0 amide bonds. The number of hydrogen-bond acceptors (Lipinski definition) is 2. The van der Waals surface area contributed by atoms with Crippen molar-refractivity contribution in [3.8, 4) is 5.75 Å². The Kier molecular flexibility index (Phi) is 5.73. The number of halogens is 3. The fraction of sp³-hybridized carbons (Fsp3) is 0.429. The number of alkyl halides is 3. The molecule has 1 aromatic rings. The molecule has 0 radical (unpaired) electrons. The molecule has 0 saturated heterocycles. The molecule has 0 aliphatic rings. The van der Waals surface area contributed by atoms with Crippen molar-refractivity contribution in [2.24, 2.45) is 15.9 Å². The van der Waals surface area contributed by atoms with Crippen LogP contribution < -0.4 is 4.74 Å². The monoisotopic (exact) mass is 286 g/mol. The molecule has 0 aliphatic carbocycles. The Morgan fingerprint density at radius 3 is 2.35 bits per heavy atom. The molecule has 0 aliphatic heterocycles. The first kappa shape index (κ1) is 16.2. The van der Waals surface area contributed by atoms with Crippen LogP contribution in [-0.4, -0.2) is 25.5 Å². The highest BCUT2D eigenvalue weighted by Gasteiger charge is 2.30. The molecule has 3 nitrogen and oxygen atoms in total. The first-order valence-corrected chi connectivity index (χ1v) is 6.23. The molecule has 0 aromatic heterocycles. The summed E-state index contributed by atoms with van der Waals surface area (Å²) in [6, 6.07) is 5.48. The first-order chi connectivity index (χ1) is 9.35. The summed E-state index contributed by atoms with van der Waals surface area (Å²) in [7, 11) is 1.59. The molecule has 1 aromatic carbocycles. The van der Waals surface area contributed by atoms with Crippen molar-refractivity contribution >= 4 is 12.1 Å². The fourth-order valence-corrected chi connectivity index (χ4v) is 1.37. The van der Waals surface area contributed by atoms with Crippen LogP contribution in [0.1, 0.15) is 25.8 Å². The van der Waals surface area contributed by atoms with Gasteiger partial charge in [-0.2, -0.15) is 0 Å². The molecule has 110 valence electrons. The van der Waals surface area contributed by atoms with Gasteiger partial charge in [-0.05, 0) is 36.6 Å². The van der Waals surface area contributed by atoms with Crippen molar-refractivity contribution in [3.05, 3.63) is 29.8 Å². The standard InChI is InChI=1S/C14H17F3N2O/c1-4-10(2)9-19-13(18-3)11-5-7-12(8-6-11)20-14(15,16)17/h5-10H,4H2,1-3H3. The van der Waals surface area contributed by atoms with Crippen LogP contribution >= 0.6 is 0 Å². The van der Waals surface area contributed by atoms with Gasteiger partial charge in [-0.3, -0.25) is 4.99 Å². The molecule has 6 heteroatoms. The van der Waals surface area contributed by atoms with E-state index in [9.17, 15) is 13.2 Å². The molecule has 0 fully saturated rings. The fourth-order valence-electron chi connectivity index (χ4n) is 1.37. The third-order valence-electron chi connectivity index (χ3n) is 2.65. The molecular formula is C14H17F3N2O. The van der Waals surface area contributed by atoms with E-state index in [4.69, 9.17) is 0 Å². The van der Waals surface area contributed by atoms with Crippen molar-refractivity contribution in [1.29, 1.82) is 0 Å². The molecular weight excluding hydrogens is 269 g/mol. The van der Waals surface area contributed by atoms with E-state index in [0.29, 0.717) is 17.3 Å². The smallest absolute Gasteiger partial charge is 0.406 e. The van der Waals surface area contributed by atoms with Crippen LogP contribution in [0.3, 0.4) is 0 Å². The lowest BCUT2D eigenvalue weighted by atomic mass is 10.1. The quantitative estimate of drug-likeness (QED) is 0.606. The van der Waals surface area contributed by atoms with Crippen LogP contribution in [0.15, 0.2) is 34.3 Å². The van der Waals surface area contributed by atoms with Crippen molar-refractivity contribution in [2.45, 2.75) is 26.6 Å². The Morgan fingerprint density at radius 2 is 1.90 bits per heavy atom. The summed E-state index contributed by atoms with van der Waals surface area (Å²) in [5.41, 5.74) is 0.640. The predicted octanol–water partition coefficient (Wildman–Crippen LogP) is 4.08. The second kappa shape index (κ2) is 7.07. The van der Waals surface area contributed by atoms with Crippen molar-refractivity contribution in [2.75, 3.05) is 7.05 Å². The number of hydrogen-bond donors (Lipinski definition) is 0. The Labute approximate surface area is 116 Å². The zero-order chi connectivity index (χ0) is 15.2. The van der Waals surface area contributed by atoms with E-state index in [1.165, 1.54) is 24.3 Å². The van der Waals surface area contributed by atoms with E-state index < -0.39 is 6.36 Å². The largest absolute Gasteiger partial charge is 0.573 e. The van der Waals surface area contributed by atoms with E-state index in [0.717, 1.165) is 6.42 Å². The highest BCUT2D eigenvalue weighted by molar-refractivity contribution is 6.03. The Balaban J connectivity index is 2.83. The zero-order valence-corrected chi connectivity index (χ0v) is 11.6. The highest BCUT2D eigenvalue weighted by Crippen LogP contribution is 2.23. The van der Waals surface area contributed by atoms with Crippen molar-refractivity contribution in [1.82, 2.24) is 0 Å². The van der Waals surface area contributed by atoms with E-state index in [2.05, 4.69) is 14.7 Å². The molecule has 1 rings (SSSR count). The lowest BCUT2D eigenvalue weighted by molar-refractivity contribution is -0.274. The summed E-state index contributed by atoms with van der Waals surface area (Å²) in [5.74, 6) is 0.533.